The molecule has 1 heterocycles. The van der Waals surface area contributed by atoms with E-state index < -0.39 is 6.17 Å². The van der Waals surface area contributed by atoms with E-state index in [4.69, 9.17) is 5.73 Å². The van der Waals surface area contributed by atoms with Crippen LogP contribution < -0.4 is 11.1 Å². The maximum atomic E-state index is 11.2. The summed E-state index contributed by atoms with van der Waals surface area (Å²) in [5, 5.41) is 2.68. The Morgan fingerprint density at radius 3 is 2.77 bits per heavy atom. The minimum Gasteiger partial charge on any atom is -0.323 e. The smallest absolute Gasteiger partial charge is 0.263 e. The van der Waals surface area contributed by atoms with Gasteiger partial charge in [-0.25, -0.2) is 0 Å². The molecule has 3 N–H and O–H groups in total. The summed E-state index contributed by atoms with van der Waals surface area (Å²) in [4.78, 5) is 15.1. The van der Waals surface area contributed by atoms with Crippen LogP contribution in [0.2, 0.25) is 0 Å². The Morgan fingerprint density at radius 1 is 1.54 bits per heavy atom. The SMILES string of the molecule is C/C=C1/C=NC(N)C(=O)N/C1=C/C. The summed E-state index contributed by atoms with van der Waals surface area (Å²) in [6, 6.07) is 0. The molecule has 0 aromatic rings. The van der Waals surface area contributed by atoms with Crippen LogP contribution in [-0.2, 0) is 4.79 Å². The lowest BCUT2D eigenvalue weighted by atomic mass is 10.2. The Bertz CT molecular complexity index is 302. The third kappa shape index (κ3) is 2.03. The average molecular weight is 179 g/mol. The number of nitrogens with two attached hydrogens (primary N) is 1. The standard InChI is InChI=1S/C9H13N3O/c1-3-6-5-11-8(10)9(13)12-7(6)4-2/h3-5,8H,10H2,1-2H3,(H,12,13)/b6-3-,7-4+. The highest BCUT2D eigenvalue weighted by Crippen LogP contribution is 2.07. The number of rotatable bonds is 0. The molecule has 0 radical (unpaired) electrons. The van der Waals surface area contributed by atoms with Gasteiger partial charge in [-0.05, 0) is 13.8 Å². The molecule has 4 heteroatoms. The summed E-state index contributed by atoms with van der Waals surface area (Å²) in [5.41, 5.74) is 7.08. The predicted octanol–water partition coefficient (Wildman–Crippen LogP) is 0.322. The van der Waals surface area contributed by atoms with E-state index in [1.54, 1.807) is 6.21 Å². The summed E-state index contributed by atoms with van der Waals surface area (Å²) >= 11 is 0. The number of hydrogen-bond acceptors (Lipinski definition) is 3. The number of nitrogens with zero attached hydrogens (tertiary/aromatic N) is 1. The molecule has 1 amide bonds. The van der Waals surface area contributed by atoms with Gasteiger partial charge in [-0.3, -0.25) is 9.79 Å². The van der Waals surface area contributed by atoms with Crippen molar-refractivity contribution in [3.63, 3.8) is 0 Å². The predicted molar refractivity (Wildman–Crippen MR) is 52.1 cm³/mol. The Balaban J connectivity index is 3.03. The van der Waals surface area contributed by atoms with E-state index in [1.807, 2.05) is 26.0 Å². The number of amides is 1. The van der Waals surface area contributed by atoms with E-state index in [2.05, 4.69) is 10.3 Å². The topological polar surface area (TPSA) is 67.5 Å². The third-order valence-electron chi connectivity index (χ3n) is 1.81. The lowest BCUT2D eigenvalue weighted by molar-refractivity contribution is -0.121. The van der Waals surface area contributed by atoms with Crippen LogP contribution in [0, 0.1) is 0 Å². The lowest BCUT2D eigenvalue weighted by Gasteiger charge is -2.06. The Labute approximate surface area is 77.2 Å². The molecule has 1 rings (SSSR count). The average Bonchev–Trinajstić information content (AvgIpc) is 2.27. The van der Waals surface area contributed by atoms with Crippen LogP contribution in [0.15, 0.2) is 28.4 Å². The van der Waals surface area contributed by atoms with Gasteiger partial charge in [0.15, 0.2) is 6.17 Å². The maximum absolute atomic E-state index is 11.2. The summed E-state index contributed by atoms with van der Waals surface area (Å²) < 4.78 is 0. The minimum absolute atomic E-state index is 0.277. The zero-order valence-electron chi connectivity index (χ0n) is 7.74. The Morgan fingerprint density at radius 2 is 2.23 bits per heavy atom. The first kappa shape index (κ1) is 9.67. The van der Waals surface area contributed by atoms with Crippen LogP contribution in [0.1, 0.15) is 13.8 Å². The van der Waals surface area contributed by atoms with Gasteiger partial charge in [-0.1, -0.05) is 12.2 Å². The first-order chi connectivity index (χ1) is 6.19. The van der Waals surface area contributed by atoms with Crippen molar-refractivity contribution < 1.29 is 4.79 Å². The van der Waals surface area contributed by atoms with Crippen molar-refractivity contribution in [1.82, 2.24) is 5.32 Å². The quantitative estimate of drug-likeness (QED) is 0.562. The molecule has 4 nitrogen and oxygen atoms in total. The fourth-order valence-corrected chi connectivity index (χ4v) is 1.05. The van der Waals surface area contributed by atoms with Crippen LogP contribution in [0.3, 0.4) is 0 Å². The van der Waals surface area contributed by atoms with E-state index >= 15 is 0 Å². The summed E-state index contributed by atoms with van der Waals surface area (Å²) in [6.07, 6.45) is 4.50. The van der Waals surface area contributed by atoms with Crippen LogP contribution >= 0.6 is 0 Å². The molecule has 0 aromatic carbocycles. The molecule has 0 saturated heterocycles. The number of hydrogen-bond donors (Lipinski definition) is 2. The molecule has 0 aliphatic carbocycles. The van der Waals surface area contributed by atoms with E-state index in [0.717, 1.165) is 11.3 Å². The van der Waals surface area contributed by atoms with Crippen molar-refractivity contribution in [2.45, 2.75) is 20.0 Å². The van der Waals surface area contributed by atoms with Crippen molar-refractivity contribution in [3.05, 3.63) is 23.4 Å². The zero-order chi connectivity index (χ0) is 9.84. The second kappa shape index (κ2) is 4.00. The number of carbonyl (C=O) groups excluding carboxylic acids is 1. The molecular weight excluding hydrogens is 166 g/mol. The molecule has 0 fully saturated rings. The van der Waals surface area contributed by atoms with Crippen LogP contribution in [-0.4, -0.2) is 18.3 Å². The van der Waals surface area contributed by atoms with Crippen molar-refractivity contribution >= 4 is 12.1 Å². The lowest BCUT2D eigenvalue weighted by Crippen LogP contribution is -2.37. The molecule has 0 saturated carbocycles. The van der Waals surface area contributed by atoms with Gasteiger partial charge in [-0.2, -0.15) is 0 Å². The number of carbonyl (C=O) groups is 1. The van der Waals surface area contributed by atoms with Gasteiger partial charge in [0.2, 0.25) is 0 Å². The number of aliphatic imine (C=N–C) groups is 1. The molecule has 1 aliphatic heterocycles. The van der Waals surface area contributed by atoms with Crippen molar-refractivity contribution in [3.8, 4) is 0 Å². The van der Waals surface area contributed by atoms with E-state index in [0.29, 0.717) is 0 Å². The Hall–Kier alpha value is -1.42. The molecular formula is C9H13N3O. The van der Waals surface area contributed by atoms with Gasteiger partial charge in [0.05, 0.1) is 0 Å². The van der Waals surface area contributed by atoms with Gasteiger partial charge in [0, 0.05) is 17.5 Å². The summed E-state index contributed by atoms with van der Waals surface area (Å²) in [7, 11) is 0. The summed E-state index contributed by atoms with van der Waals surface area (Å²) in [6.45, 7) is 3.73. The second-order valence-electron chi connectivity index (χ2n) is 2.66. The first-order valence-corrected chi connectivity index (χ1v) is 4.11. The first-order valence-electron chi connectivity index (χ1n) is 4.11. The molecule has 1 aliphatic rings. The molecule has 0 spiro atoms. The molecule has 0 aromatic heterocycles. The Kier molecular flexibility index (Phi) is 2.97. The van der Waals surface area contributed by atoms with Gasteiger partial charge < -0.3 is 11.1 Å². The zero-order valence-corrected chi connectivity index (χ0v) is 7.74. The highest BCUT2D eigenvalue weighted by Gasteiger charge is 2.17. The highest BCUT2D eigenvalue weighted by atomic mass is 16.2. The van der Waals surface area contributed by atoms with Gasteiger partial charge >= 0.3 is 0 Å². The maximum Gasteiger partial charge on any atom is 0.263 e. The van der Waals surface area contributed by atoms with Crippen LogP contribution in [0.5, 0.6) is 0 Å². The van der Waals surface area contributed by atoms with Crippen molar-refractivity contribution in [1.29, 1.82) is 0 Å². The van der Waals surface area contributed by atoms with E-state index in [9.17, 15) is 4.79 Å². The largest absolute Gasteiger partial charge is 0.323 e. The van der Waals surface area contributed by atoms with Crippen LogP contribution in [0.25, 0.3) is 0 Å². The molecule has 0 bridgehead atoms. The molecule has 1 atom stereocenters. The van der Waals surface area contributed by atoms with Gasteiger partial charge in [0.1, 0.15) is 0 Å². The molecule has 70 valence electrons. The highest BCUT2D eigenvalue weighted by molar-refractivity contribution is 5.94. The fourth-order valence-electron chi connectivity index (χ4n) is 1.05. The normalized spacial score (nSPS) is 29.2. The minimum atomic E-state index is -0.799. The fraction of sp³-hybridized carbons (Fsp3) is 0.333. The van der Waals surface area contributed by atoms with E-state index in [-0.39, 0.29) is 5.91 Å². The van der Waals surface area contributed by atoms with Gasteiger partial charge in [0.25, 0.3) is 5.91 Å². The molecule has 1 unspecified atom stereocenters. The second-order valence-corrected chi connectivity index (χ2v) is 2.66. The number of nitrogens with one attached hydrogen (secondary N) is 1. The van der Waals surface area contributed by atoms with E-state index in [1.165, 1.54) is 0 Å². The van der Waals surface area contributed by atoms with Crippen LogP contribution in [0.4, 0.5) is 0 Å². The monoisotopic (exact) mass is 179 g/mol. The molecule has 13 heavy (non-hydrogen) atoms. The van der Waals surface area contributed by atoms with Gasteiger partial charge in [-0.15, -0.1) is 0 Å². The van der Waals surface area contributed by atoms with Crippen molar-refractivity contribution in [2.75, 3.05) is 0 Å². The number of allylic oxidation sites excluding steroid dienone is 3. The summed E-state index contributed by atoms with van der Waals surface area (Å²) in [5.74, 6) is -0.277. The van der Waals surface area contributed by atoms with Crippen molar-refractivity contribution in [2.24, 2.45) is 10.7 Å². The third-order valence-corrected chi connectivity index (χ3v) is 1.81.